The number of likely N-dealkylation sites (tertiary alicyclic amines) is 1. The van der Waals surface area contributed by atoms with E-state index in [9.17, 15) is 34.2 Å². The topological polar surface area (TPSA) is 199 Å². The summed E-state index contributed by atoms with van der Waals surface area (Å²) < 4.78 is 0. The number of hydrogen-bond acceptors (Lipinski definition) is 7. The Morgan fingerprint density at radius 2 is 1.69 bits per heavy atom. The van der Waals surface area contributed by atoms with Crippen LogP contribution in [0.3, 0.4) is 0 Å². The van der Waals surface area contributed by atoms with E-state index < -0.39 is 66.4 Å². The summed E-state index contributed by atoms with van der Waals surface area (Å²) in [7, 11) is 0. The van der Waals surface area contributed by atoms with Gasteiger partial charge in [0, 0.05) is 13.0 Å². The SMILES string of the molecule is CC(C)CC(NC(=O)C(CCC(=O)O)NC(=O)C1CCCN1C(=O)C(N)C(C)O)C(=O)O. The van der Waals surface area contributed by atoms with Crippen molar-refractivity contribution >= 4 is 29.7 Å². The number of carboxylic acid groups (broad SMARTS) is 2. The fraction of sp³-hybridized carbons (Fsp3) is 0.750. The van der Waals surface area contributed by atoms with Crippen LogP contribution in [0.4, 0.5) is 0 Å². The van der Waals surface area contributed by atoms with E-state index in [1.54, 1.807) is 13.8 Å². The van der Waals surface area contributed by atoms with Gasteiger partial charge < -0.3 is 36.6 Å². The zero-order chi connectivity index (χ0) is 24.6. The van der Waals surface area contributed by atoms with Crippen molar-refractivity contribution in [1.82, 2.24) is 15.5 Å². The van der Waals surface area contributed by atoms with E-state index in [2.05, 4.69) is 10.6 Å². The first-order valence-corrected chi connectivity index (χ1v) is 10.6. The molecule has 5 unspecified atom stereocenters. The maximum Gasteiger partial charge on any atom is 0.326 e. The van der Waals surface area contributed by atoms with Crippen molar-refractivity contribution in [3.63, 3.8) is 0 Å². The molecule has 0 aliphatic carbocycles. The molecule has 1 aliphatic rings. The van der Waals surface area contributed by atoms with Crippen molar-refractivity contribution in [1.29, 1.82) is 0 Å². The Morgan fingerprint density at radius 3 is 2.19 bits per heavy atom. The van der Waals surface area contributed by atoms with Gasteiger partial charge in [-0.25, -0.2) is 4.79 Å². The number of aliphatic hydroxyl groups excluding tert-OH is 1. The minimum Gasteiger partial charge on any atom is -0.481 e. The Balaban J connectivity index is 2.95. The number of amides is 3. The number of carboxylic acids is 2. The highest BCUT2D eigenvalue weighted by Crippen LogP contribution is 2.19. The Kier molecular flexibility index (Phi) is 10.5. The van der Waals surface area contributed by atoms with E-state index in [1.165, 1.54) is 11.8 Å². The maximum absolute atomic E-state index is 12.9. The Bertz CT molecular complexity index is 712. The molecule has 0 aromatic heterocycles. The minimum atomic E-state index is -1.30. The van der Waals surface area contributed by atoms with Crippen LogP contribution in [0.5, 0.6) is 0 Å². The van der Waals surface area contributed by atoms with Crippen LogP contribution in [-0.4, -0.2) is 86.7 Å². The smallest absolute Gasteiger partial charge is 0.326 e. The molecule has 1 saturated heterocycles. The van der Waals surface area contributed by atoms with Gasteiger partial charge in [-0.1, -0.05) is 13.8 Å². The summed E-state index contributed by atoms with van der Waals surface area (Å²) in [6.45, 7) is 5.18. The Labute approximate surface area is 186 Å². The summed E-state index contributed by atoms with van der Waals surface area (Å²) >= 11 is 0. The number of aliphatic hydroxyl groups is 1. The van der Waals surface area contributed by atoms with Crippen molar-refractivity contribution in [2.75, 3.05) is 6.54 Å². The second-order valence-corrected chi connectivity index (χ2v) is 8.48. The van der Waals surface area contributed by atoms with E-state index >= 15 is 0 Å². The average Bonchev–Trinajstić information content (AvgIpc) is 3.18. The second-order valence-electron chi connectivity index (χ2n) is 8.48. The van der Waals surface area contributed by atoms with Crippen LogP contribution >= 0.6 is 0 Å². The van der Waals surface area contributed by atoms with Gasteiger partial charge in [-0.2, -0.15) is 0 Å². The predicted molar refractivity (Wildman–Crippen MR) is 112 cm³/mol. The van der Waals surface area contributed by atoms with Gasteiger partial charge in [0.2, 0.25) is 17.7 Å². The maximum atomic E-state index is 12.9. The molecule has 1 heterocycles. The Morgan fingerprint density at radius 1 is 1.06 bits per heavy atom. The number of aliphatic carboxylic acids is 2. The molecule has 182 valence electrons. The third-order valence-electron chi connectivity index (χ3n) is 5.24. The van der Waals surface area contributed by atoms with Crippen molar-refractivity contribution in [3.8, 4) is 0 Å². The van der Waals surface area contributed by atoms with E-state index in [0.29, 0.717) is 12.8 Å². The summed E-state index contributed by atoms with van der Waals surface area (Å²) in [5.41, 5.74) is 5.70. The van der Waals surface area contributed by atoms with Crippen LogP contribution in [0.15, 0.2) is 0 Å². The highest BCUT2D eigenvalue weighted by molar-refractivity contribution is 5.94. The molecule has 7 N–H and O–H groups in total. The standard InChI is InChI=1S/C20H34N4O8/c1-10(2)9-13(20(31)32)23-17(28)12(6-7-15(26)27)22-18(29)14-5-4-8-24(14)19(30)16(21)11(3)25/h10-14,16,25H,4-9,21H2,1-3H3,(H,22,29)(H,23,28)(H,26,27)(H,31,32). The van der Waals surface area contributed by atoms with Crippen LogP contribution in [0, 0.1) is 5.92 Å². The molecule has 0 spiro atoms. The van der Waals surface area contributed by atoms with Crippen molar-refractivity contribution in [3.05, 3.63) is 0 Å². The molecule has 0 radical (unpaired) electrons. The quantitative estimate of drug-likeness (QED) is 0.204. The van der Waals surface area contributed by atoms with Gasteiger partial charge in [0.25, 0.3) is 0 Å². The third kappa shape index (κ3) is 8.08. The van der Waals surface area contributed by atoms with E-state index in [1.807, 2.05) is 0 Å². The lowest BCUT2D eigenvalue weighted by Crippen LogP contribution is -2.57. The molecule has 5 atom stereocenters. The van der Waals surface area contributed by atoms with Crippen LogP contribution in [0.2, 0.25) is 0 Å². The number of nitrogens with zero attached hydrogens (tertiary/aromatic N) is 1. The van der Waals surface area contributed by atoms with Crippen LogP contribution in [0.25, 0.3) is 0 Å². The third-order valence-corrected chi connectivity index (χ3v) is 5.24. The van der Waals surface area contributed by atoms with Gasteiger partial charge in [-0.3, -0.25) is 19.2 Å². The molecule has 0 bridgehead atoms. The lowest BCUT2D eigenvalue weighted by molar-refractivity contribution is -0.144. The number of carbonyl (C=O) groups is 5. The van der Waals surface area contributed by atoms with Gasteiger partial charge in [0.1, 0.15) is 24.2 Å². The van der Waals surface area contributed by atoms with E-state index in [0.717, 1.165) is 0 Å². The van der Waals surface area contributed by atoms with Crippen molar-refractivity contribution in [2.24, 2.45) is 11.7 Å². The van der Waals surface area contributed by atoms with Crippen LogP contribution in [0.1, 0.15) is 52.9 Å². The number of carbonyl (C=O) groups excluding carboxylic acids is 3. The van der Waals surface area contributed by atoms with Gasteiger partial charge in [0.05, 0.1) is 6.10 Å². The monoisotopic (exact) mass is 458 g/mol. The molecule has 12 nitrogen and oxygen atoms in total. The summed E-state index contributed by atoms with van der Waals surface area (Å²) in [6, 6.07) is -4.63. The van der Waals surface area contributed by atoms with Crippen LogP contribution < -0.4 is 16.4 Å². The molecule has 3 amide bonds. The molecular weight excluding hydrogens is 424 g/mol. The molecule has 1 rings (SSSR count). The first kappa shape index (κ1) is 27.3. The van der Waals surface area contributed by atoms with Gasteiger partial charge in [0.15, 0.2) is 0 Å². The fourth-order valence-electron chi connectivity index (χ4n) is 3.47. The largest absolute Gasteiger partial charge is 0.481 e. The van der Waals surface area contributed by atoms with E-state index in [-0.39, 0.29) is 25.3 Å². The lowest BCUT2D eigenvalue weighted by Gasteiger charge is -2.29. The number of nitrogens with one attached hydrogen (secondary N) is 2. The first-order valence-electron chi connectivity index (χ1n) is 10.6. The summed E-state index contributed by atoms with van der Waals surface area (Å²) in [5.74, 6) is -4.55. The summed E-state index contributed by atoms with van der Waals surface area (Å²) in [6.07, 6.45) is -0.826. The summed E-state index contributed by atoms with van der Waals surface area (Å²) in [5, 5.41) is 32.7. The minimum absolute atomic E-state index is 0.0281. The number of rotatable bonds is 12. The highest BCUT2D eigenvalue weighted by Gasteiger charge is 2.38. The van der Waals surface area contributed by atoms with Gasteiger partial charge in [-0.15, -0.1) is 0 Å². The van der Waals surface area contributed by atoms with Crippen molar-refractivity contribution < 1.29 is 39.3 Å². The highest BCUT2D eigenvalue weighted by atomic mass is 16.4. The fourth-order valence-corrected chi connectivity index (χ4v) is 3.47. The molecule has 32 heavy (non-hydrogen) atoms. The molecule has 0 aromatic rings. The molecule has 1 aliphatic heterocycles. The molecule has 0 saturated carbocycles. The second kappa shape index (κ2) is 12.3. The van der Waals surface area contributed by atoms with E-state index in [4.69, 9.17) is 10.8 Å². The molecular formula is C20H34N4O8. The molecule has 12 heteroatoms. The molecule has 1 fully saturated rings. The number of nitrogens with two attached hydrogens (primary N) is 1. The molecule has 0 aromatic carbocycles. The van der Waals surface area contributed by atoms with Gasteiger partial charge >= 0.3 is 11.9 Å². The Hall–Kier alpha value is -2.73. The normalized spacial score (nSPS) is 19.7. The van der Waals surface area contributed by atoms with Crippen molar-refractivity contribution in [2.45, 2.75) is 83.1 Å². The van der Waals surface area contributed by atoms with Crippen LogP contribution in [-0.2, 0) is 24.0 Å². The number of hydrogen-bond donors (Lipinski definition) is 6. The zero-order valence-electron chi connectivity index (χ0n) is 18.6. The zero-order valence-corrected chi connectivity index (χ0v) is 18.6. The predicted octanol–water partition coefficient (Wildman–Crippen LogP) is -1.35. The van der Waals surface area contributed by atoms with Gasteiger partial charge in [-0.05, 0) is 38.5 Å². The average molecular weight is 459 g/mol. The summed E-state index contributed by atoms with van der Waals surface area (Å²) in [4.78, 5) is 61.7. The lowest BCUT2D eigenvalue weighted by atomic mass is 10.0. The first-order chi connectivity index (χ1) is 14.8.